The number of nitrogens with zero attached hydrogens (tertiary/aromatic N) is 3. The number of hydrogen-bond donors (Lipinski definition) is 4. The van der Waals surface area contributed by atoms with Crippen molar-refractivity contribution in [2.24, 2.45) is 0 Å². The topological polar surface area (TPSA) is 148 Å². The highest BCUT2D eigenvalue weighted by molar-refractivity contribution is 5.71. The number of ether oxygens (including phenoxy) is 1. The van der Waals surface area contributed by atoms with Gasteiger partial charge in [0.25, 0.3) is 5.56 Å². The molecule has 2 aromatic rings. The van der Waals surface area contributed by atoms with Crippen molar-refractivity contribution in [3.8, 4) is 0 Å². The molecule has 29 heavy (non-hydrogen) atoms. The lowest BCUT2D eigenvalue weighted by molar-refractivity contribution is -0.237. The number of H-pyrrole nitrogens is 1. The first-order valence-corrected chi connectivity index (χ1v) is 7.86. The van der Waals surface area contributed by atoms with E-state index in [0.29, 0.717) is 4.57 Å². The van der Waals surface area contributed by atoms with Gasteiger partial charge in [-0.15, -0.1) is 0 Å². The Labute approximate surface area is 155 Å². The van der Waals surface area contributed by atoms with Crippen molar-refractivity contribution >= 4 is 17.1 Å². The van der Waals surface area contributed by atoms with Crippen molar-refractivity contribution in [3.63, 3.8) is 0 Å². The zero-order chi connectivity index (χ0) is 21.9. The molecule has 2 aromatic heterocycles. The zero-order valence-electron chi connectivity index (χ0n) is 14.0. The van der Waals surface area contributed by atoms with Crippen molar-refractivity contribution < 1.29 is 41.3 Å². The summed E-state index contributed by atoms with van der Waals surface area (Å²) >= 11 is 0. The van der Waals surface area contributed by atoms with E-state index in [1.54, 1.807) is 0 Å². The smallest absolute Gasteiger partial charge is 0.388 e. The molecule has 3 rings (SSSR count). The largest absolute Gasteiger partial charge is 0.416 e. The van der Waals surface area contributed by atoms with E-state index in [1.165, 1.54) is 0 Å². The molecule has 0 aromatic carbocycles. The normalized spacial score (nSPS) is 24.3. The van der Waals surface area contributed by atoms with Gasteiger partial charge in [0.15, 0.2) is 23.5 Å². The molecule has 1 saturated heterocycles. The predicted octanol–water partition coefficient (Wildman–Crippen LogP) is -0.398. The van der Waals surface area contributed by atoms with E-state index in [0.717, 1.165) is 0 Å². The number of aliphatic hydroxyl groups is 2. The van der Waals surface area contributed by atoms with Gasteiger partial charge in [-0.05, 0) is 0 Å². The minimum Gasteiger partial charge on any atom is -0.388 e. The molecule has 5 N–H and O–H groups in total. The molecule has 10 nitrogen and oxygen atoms in total. The standard InChI is InChI=1S/C13H13F6N5O5/c14-12(15,16)2-23-5-7(21-10(20)22-8(5)27)24(11(23)28)9-3(25)1-4(29-9)6(26)13(17,18)19/h3-4,6,9,25-26H,1-2H2,(H3,20,21,22,27)/t3-,4+,6?,9-/m1/s1. The Balaban J connectivity index is 2.16. The van der Waals surface area contributed by atoms with Crippen LogP contribution in [-0.4, -0.2) is 60.0 Å². The van der Waals surface area contributed by atoms with Gasteiger partial charge in [0.05, 0.1) is 6.10 Å². The maximum absolute atomic E-state index is 12.9. The van der Waals surface area contributed by atoms with Gasteiger partial charge in [0.1, 0.15) is 12.6 Å². The van der Waals surface area contributed by atoms with Gasteiger partial charge in [-0.25, -0.2) is 9.36 Å². The van der Waals surface area contributed by atoms with Crippen LogP contribution in [0.4, 0.5) is 32.3 Å². The molecule has 4 atom stereocenters. The number of rotatable bonds is 3. The number of alkyl halides is 6. The Hall–Kier alpha value is -2.59. The van der Waals surface area contributed by atoms with Crippen LogP contribution in [0, 0.1) is 0 Å². The molecular formula is C13H13F6N5O5. The van der Waals surface area contributed by atoms with Crippen LogP contribution in [0.3, 0.4) is 0 Å². The van der Waals surface area contributed by atoms with Crippen molar-refractivity contribution in [3.05, 3.63) is 20.8 Å². The molecular weight excluding hydrogens is 420 g/mol. The monoisotopic (exact) mass is 433 g/mol. The van der Waals surface area contributed by atoms with Gasteiger partial charge in [-0.2, -0.15) is 31.3 Å². The van der Waals surface area contributed by atoms with Crippen LogP contribution in [0.25, 0.3) is 11.2 Å². The maximum Gasteiger partial charge on any atom is 0.416 e. The van der Waals surface area contributed by atoms with Gasteiger partial charge < -0.3 is 20.7 Å². The molecule has 0 spiro atoms. The van der Waals surface area contributed by atoms with Crippen LogP contribution >= 0.6 is 0 Å². The number of aliphatic hydroxyl groups excluding tert-OH is 2. The predicted molar refractivity (Wildman–Crippen MR) is 81.7 cm³/mol. The molecule has 0 aliphatic carbocycles. The lowest BCUT2D eigenvalue weighted by atomic mass is 10.1. The molecule has 0 bridgehead atoms. The van der Waals surface area contributed by atoms with Gasteiger partial charge in [0.2, 0.25) is 5.95 Å². The average Bonchev–Trinajstić information content (AvgIpc) is 3.03. The summed E-state index contributed by atoms with van der Waals surface area (Å²) in [6.07, 6.45) is -19.7. The van der Waals surface area contributed by atoms with Crippen LogP contribution in [0.15, 0.2) is 9.59 Å². The number of nitrogens with one attached hydrogen (secondary N) is 1. The molecule has 3 heterocycles. The molecule has 1 fully saturated rings. The summed E-state index contributed by atoms with van der Waals surface area (Å²) in [6, 6.07) is 0. The second-order valence-electron chi connectivity index (χ2n) is 6.33. The fourth-order valence-electron chi connectivity index (χ4n) is 3.08. The first-order chi connectivity index (χ1) is 13.2. The van der Waals surface area contributed by atoms with Crippen molar-refractivity contribution in [1.82, 2.24) is 19.1 Å². The molecule has 1 aliphatic rings. The summed E-state index contributed by atoms with van der Waals surface area (Å²) in [5.74, 6) is -0.597. The van der Waals surface area contributed by atoms with E-state index in [1.807, 2.05) is 4.98 Å². The summed E-state index contributed by atoms with van der Waals surface area (Å²) in [5.41, 5.74) is 1.01. The summed E-state index contributed by atoms with van der Waals surface area (Å²) in [5, 5.41) is 19.4. The molecule has 162 valence electrons. The summed E-state index contributed by atoms with van der Waals surface area (Å²) < 4.78 is 81.9. The molecule has 16 heteroatoms. The Bertz CT molecular complexity index is 1040. The zero-order valence-corrected chi connectivity index (χ0v) is 14.0. The fraction of sp³-hybridized carbons (Fsp3) is 0.615. The number of aromatic nitrogens is 4. The fourth-order valence-corrected chi connectivity index (χ4v) is 3.08. The third-order valence-corrected chi connectivity index (χ3v) is 4.23. The number of aromatic amines is 1. The van der Waals surface area contributed by atoms with Gasteiger partial charge >= 0.3 is 18.0 Å². The lowest BCUT2D eigenvalue weighted by Crippen LogP contribution is -2.40. The Kier molecular flexibility index (Phi) is 4.91. The van der Waals surface area contributed by atoms with E-state index < -0.39 is 78.2 Å². The van der Waals surface area contributed by atoms with Gasteiger partial charge in [-0.1, -0.05) is 0 Å². The number of nitrogens with two attached hydrogens (primary N) is 1. The number of anilines is 1. The van der Waals surface area contributed by atoms with Crippen LogP contribution in [0.1, 0.15) is 12.6 Å². The summed E-state index contributed by atoms with van der Waals surface area (Å²) in [4.78, 5) is 30.1. The van der Waals surface area contributed by atoms with Crippen molar-refractivity contribution in [1.29, 1.82) is 0 Å². The van der Waals surface area contributed by atoms with Gasteiger partial charge in [0, 0.05) is 6.42 Å². The molecule has 0 saturated carbocycles. The van der Waals surface area contributed by atoms with E-state index in [4.69, 9.17) is 10.5 Å². The first kappa shape index (κ1) is 21.1. The average molecular weight is 433 g/mol. The van der Waals surface area contributed by atoms with Gasteiger partial charge in [-0.3, -0.25) is 14.3 Å². The van der Waals surface area contributed by atoms with Crippen LogP contribution in [0.2, 0.25) is 0 Å². The Morgan fingerprint density at radius 3 is 2.45 bits per heavy atom. The third-order valence-electron chi connectivity index (χ3n) is 4.23. The molecule has 1 aliphatic heterocycles. The highest BCUT2D eigenvalue weighted by Crippen LogP contribution is 2.36. The van der Waals surface area contributed by atoms with E-state index in [9.17, 15) is 46.1 Å². The summed E-state index contributed by atoms with van der Waals surface area (Å²) in [6.45, 7) is -1.92. The number of nitrogen functional groups attached to an aromatic ring is 1. The number of fused-ring (bicyclic) bond motifs is 1. The van der Waals surface area contributed by atoms with Crippen LogP contribution in [-0.2, 0) is 11.3 Å². The second-order valence-corrected chi connectivity index (χ2v) is 6.33. The van der Waals surface area contributed by atoms with Crippen molar-refractivity contribution in [2.75, 3.05) is 5.73 Å². The molecule has 1 unspecified atom stereocenters. The molecule has 0 amide bonds. The minimum atomic E-state index is -5.12. The Morgan fingerprint density at radius 1 is 1.28 bits per heavy atom. The molecule has 0 radical (unpaired) electrons. The van der Waals surface area contributed by atoms with Crippen LogP contribution < -0.4 is 17.0 Å². The number of hydrogen-bond acceptors (Lipinski definition) is 7. The number of imidazole rings is 1. The first-order valence-electron chi connectivity index (χ1n) is 7.86. The van der Waals surface area contributed by atoms with E-state index in [2.05, 4.69) is 4.98 Å². The lowest BCUT2D eigenvalue weighted by Gasteiger charge is -2.21. The highest BCUT2D eigenvalue weighted by Gasteiger charge is 2.50. The number of halogens is 6. The quantitative estimate of drug-likeness (QED) is 0.482. The van der Waals surface area contributed by atoms with Crippen molar-refractivity contribution in [2.45, 2.75) is 49.9 Å². The second kappa shape index (κ2) is 6.74. The van der Waals surface area contributed by atoms with E-state index >= 15 is 0 Å². The maximum atomic E-state index is 12.9. The van der Waals surface area contributed by atoms with Crippen LogP contribution in [0.5, 0.6) is 0 Å². The minimum absolute atomic E-state index is 0.00972. The van der Waals surface area contributed by atoms with E-state index in [-0.39, 0.29) is 4.57 Å². The third kappa shape index (κ3) is 3.82. The summed E-state index contributed by atoms with van der Waals surface area (Å²) in [7, 11) is 0. The SMILES string of the molecule is Nc1nc2c(c(=O)[nH]1)n(CC(F)(F)F)c(=O)n2[C@@H]1O[C@H](C(O)C(F)(F)F)C[C@H]1O. The Morgan fingerprint density at radius 2 is 1.90 bits per heavy atom. The highest BCUT2D eigenvalue weighted by atomic mass is 19.4.